The minimum absolute atomic E-state index is 0.00657. The van der Waals surface area contributed by atoms with Crippen LogP contribution in [0.4, 0.5) is 17.3 Å². The Kier molecular flexibility index (Phi) is 5.23. The Morgan fingerprint density at radius 2 is 1.72 bits per heavy atom. The third-order valence-electron chi connectivity index (χ3n) is 4.10. The largest absolute Gasteiger partial charge is 0.340 e. The zero-order chi connectivity index (χ0) is 17.6. The van der Waals surface area contributed by atoms with Crippen LogP contribution in [0.1, 0.15) is 19.8 Å². The van der Waals surface area contributed by atoms with E-state index in [9.17, 15) is 9.59 Å². The monoisotopic (exact) mass is 339 g/mol. The number of carbonyl (C=O) groups is 2. The molecule has 7 nitrogen and oxygen atoms in total. The molecule has 0 radical (unpaired) electrons. The summed E-state index contributed by atoms with van der Waals surface area (Å²) < 4.78 is 0. The number of piperidine rings is 1. The zero-order valence-corrected chi connectivity index (χ0v) is 14.1. The van der Waals surface area contributed by atoms with Gasteiger partial charge in [0.15, 0.2) is 0 Å². The molecule has 1 aliphatic heterocycles. The first-order chi connectivity index (χ1) is 12.1. The number of amides is 2. The second kappa shape index (κ2) is 7.74. The Bertz CT molecular complexity index is 733. The fourth-order valence-corrected chi connectivity index (χ4v) is 2.91. The summed E-state index contributed by atoms with van der Waals surface area (Å²) in [5.74, 6) is 0.433. The summed E-state index contributed by atoms with van der Waals surface area (Å²) in [6.45, 7) is 2.93. The van der Waals surface area contributed by atoms with Gasteiger partial charge in [0.1, 0.15) is 0 Å². The molecule has 1 fully saturated rings. The van der Waals surface area contributed by atoms with Crippen LogP contribution in [-0.4, -0.2) is 34.9 Å². The van der Waals surface area contributed by atoms with Gasteiger partial charge in [0, 0.05) is 43.8 Å². The number of rotatable bonds is 4. The molecule has 2 amide bonds. The standard InChI is InChI=1S/C18H21N5O2/c1-13(24)21-15-5-7-16(8-6-15)22-17(25)14-4-2-11-23(12-14)18-19-9-3-10-20-18/h3,5-10,14H,2,4,11-12H2,1H3,(H,21,24)(H,22,25)/t14-/m1/s1. The Labute approximate surface area is 146 Å². The number of aromatic nitrogens is 2. The van der Waals surface area contributed by atoms with E-state index in [1.807, 2.05) is 4.90 Å². The predicted molar refractivity (Wildman–Crippen MR) is 96.3 cm³/mol. The third-order valence-corrected chi connectivity index (χ3v) is 4.10. The van der Waals surface area contributed by atoms with Crippen molar-refractivity contribution < 1.29 is 9.59 Å². The number of hydrogen-bond acceptors (Lipinski definition) is 5. The molecule has 1 saturated heterocycles. The Balaban J connectivity index is 1.60. The lowest BCUT2D eigenvalue weighted by molar-refractivity contribution is -0.120. The highest BCUT2D eigenvalue weighted by Gasteiger charge is 2.27. The summed E-state index contributed by atoms with van der Waals surface area (Å²) in [6, 6.07) is 8.88. The zero-order valence-electron chi connectivity index (χ0n) is 14.1. The predicted octanol–water partition coefficient (Wildman–Crippen LogP) is 2.29. The molecular weight excluding hydrogens is 318 g/mol. The number of carbonyl (C=O) groups excluding carboxylic acids is 2. The van der Waals surface area contributed by atoms with E-state index in [1.165, 1.54) is 6.92 Å². The number of nitrogens with one attached hydrogen (secondary N) is 2. The van der Waals surface area contributed by atoms with Crippen LogP contribution in [0.2, 0.25) is 0 Å². The SMILES string of the molecule is CC(=O)Nc1ccc(NC(=O)[C@@H]2CCCN(c3ncccn3)C2)cc1. The molecule has 0 aliphatic carbocycles. The topological polar surface area (TPSA) is 87.2 Å². The lowest BCUT2D eigenvalue weighted by Crippen LogP contribution is -2.41. The van der Waals surface area contributed by atoms with Gasteiger partial charge in [-0.15, -0.1) is 0 Å². The van der Waals surface area contributed by atoms with Crippen LogP contribution >= 0.6 is 0 Å². The van der Waals surface area contributed by atoms with E-state index < -0.39 is 0 Å². The van der Waals surface area contributed by atoms with Gasteiger partial charge in [0.2, 0.25) is 17.8 Å². The summed E-state index contributed by atoms with van der Waals surface area (Å²) in [4.78, 5) is 34.2. The second-order valence-electron chi connectivity index (χ2n) is 6.08. The van der Waals surface area contributed by atoms with Crippen LogP contribution in [-0.2, 0) is 9.59 Å². The first-order valence-corrected chi connectivity index (χ1v) is 8.32. The number of benzene rings is 1. The molecule has 0 spiro atoms. The van der Waals surface area contributed by atoms with E-state index in [2.05, 4.69) is 20.6 Å². The van der Waals surface area contributed by atoms with Crippen LogP contribution in [0.15, 0.2) is 42.7 Å². The maximum Gasteiger partial charge on any atom is 0.229 e. The average Bonchev–Trinajstić information content (AvgIpc) is 2.64. The minimum atomic E-state index is -0.123. The summed E-state index contributed by atoms with van der Waals surface area (Å²) in [5.41, 5.74) is 1.42. The molecule has 130 valence electrons. The lowest BCUT2D eigenvalue weighted by atomic mass is 9.97. The molecule has 7 heteroatoms. The van der Waals surface area contributed by atoms with Crippen LogP contribution in [0.5, 0.6) is 0 Å². The van der Waals surface area contributed by atoms with Crippen molar-refractivity contribution in [2.45, 2.75) is 19.8 Å². The first-order valence-electron chi connectivity index (χ1n) is 8.32. The molecule has 2 aromatic rings. The molecular formula is C18H21N5O2. The van der Waals surface area contributed by atoms with Crippen molar-refractivity contribution in [2.75, 3.05) is 28.6 Å². The quantitative estimate of drug-likeness (QED) is 0.892. The Morgan fingerprint density at radius 3 is 2.36 bits per heavy atom. The highest BCUT2D eigenvalue weighted by Crippen LogP contribution is 2.22. The highest BCUT2D eigenvalue weighted by molar-refractivity contribution is 5.94. The molecule has 0 saturated carbocycles. The van der Waals surface area contributed by atoms with Crippen LogP contribution < -0.4 is 15.5 Å². The van der Waals surface area contributed by atoms with Crippen molar-refractivity contribution >= 4 is 29.1 Å². The first kappa shape index (κ1) is 16.9. The fraction of sp³-hybridized carbons (Fsp3) is 0.333. The van der Waals surface area contributed by atoms with E-state index in [1.54, 1.807) is 42.7 Å². The maximum atomic E-state index is 12.6. The average molecular weight is 339 g/mol. The van der Waals surface area contributed by atoms with Gasteiger partial charge in [-0.2, -0.15) is 0 Å². The third kappa shape index (κ3) is 4.53. The highest BCUT2D eigenvalue weighted by atomic mass is 16.2. The van der Waals surface area contributed by atoms with Crippen LogP contribution in [0.25, 0.3) is 0 Å². The Morgan fingerprint density at radius 1 is 1.08 bits per heavy atom. The van der Waals surface area contributed by atoms with Crippen molar-refractivity contribution in [2.24, 2.45) is 5.92 Å². The number of nitrogens with zero attached hydrogens (tertiary/aromatic N) is 3. The van der Waals surface area contributed by atoms with Crippen molar-refractivity contribution in [1.29, 1.82) is 0 Å². The fourth-order valence-electron chi connectivity index (χ4n) is 2.91. The second-order valence-corrected chi connectivity index (χ2v) is 6.08. The van der Waals surface area contributed by atoms with Gasteiger partial charge in [-0.1, -0.05) is 0 Å². The minimum Gasteiger partial charge on any atom is -0.340 e. The molecule has 2 heterocycles. The van der Waals surface area contributed by atoms with Crippen molar-refractivity contribution in [1.82, 2.24) is 9.97 Å². The van der Waals surface area contributed by atoms with Crippen LogP contribution in [0, 0.1) is 5.92 Å². The van der Waals surface area contributed by atoms with Gasteiger partial charge in [0.25, 0.3) is 0 Å². The molecule has 0 bridgehead atoms. The molecule has 1 atom stereocenters. The van der Waals surface area contributed by atoms with Crippen molar-refractivity contribution in [3.63, 3.8) is 0 Å². The summed E-state index contributed by atoms with van der Waals surface area (Å²) in [7, 11) is 0. The smallest absolute Gasteiger partial charge is 0.229 e. The molecule has 0 unspecified atom stereocenters. The molecule has 25 heavy (non-hydrogen) atoms. The molecule has 3 rings (SSSR count). The van der Waals surface area contributed by atoms with Crippen molar-refractivity contribution in [3.8, 4) is 0 Å². The molecule has 1 aromatic carbocycles. The summed E-state index contributed by atoms with van der Waals surface area (Å²) >= 11 is 0. The van der Waals surface area contributed by atoms with E-state index in [-0.39, 0.29) is 17.7 Å². The van der Waals surface area contributed by atoms with Gasteiger partial charge in [-0.3, -0.25) is 9.59 Å². The number of anilines is 3. The van der Waals surface area contributed by atoms with Gasteiger partial charge in [-0.05, 0) is 43.2 Å². The van der Waals surface area contributed by atoms with Gasteiger partial charge in [0.05, 0.1) is 5.92 Å². The maximum absolute atomic E-state index is 12.6. The van der Waals surface area contributed by atoms with Crippen molar-refractivity contribution in [3.05, 3.63) is 42.7 Å². The van der Waals surface area contributed by atoms with E-state index in [0.717, 1.165) is 19.4 Å². The summed E-state index contributed by atoms with van der Waals surface area (Å²) in [6.07, 6.45) is 5.20. The molecule has 2 N–H and O–H groups in total. The number of hydrogen-bond donors (Lipinski definition) is 2. The molecule has 1 aromatic heterocycles. The van der Waals surface area contributed by atoms with E-state index in [4.69, 9.17) is 0 Å². The van der Waals surface area contributed by atoms with Crippen LogP contribution in [0.3, 0.4) is 0 Å². The van der Waals surface area contributed by atoms with Gasteiger partial charge < -0.3 is 15.5 Å². The Hall–Kier alpha value is -2.96. The lowest BCUT2D eigenvalue weighted by Gasteiger charge is -2.31. The van der Waals surface area contributed by atoms with Gasteiger partial charge in [-0.25, -0.2) is 9.97 Å². The van der Waals surface area contributed by atoms with Gasteiger partial charge >= 0.3 is 0 Å². The van der Waals surface area contributed by atoms with E-state index >= 15 is 0 Å². The van der Waals surface area contributed by atoms with E-state index in [0.29, 0.717) is 23.9 Å². The molecule has 1 aliphatic rings. The summed E-state index contributed by atoms with van der Waals surface area (Å²) in [5, 5.41) is 5.65. The normalized spacial score (nSPS) is 17.0.